The summed E-state index contributed by atoms with van der Waals surface area (Å²) >= 11 is 0. The van der Waals surface area contributed by atoms with Crippen molar-refractivity contribution in [2.45, 2.75) is 46.3 Å². The normalized spacial score (nSPS) is 11.4. The maximum absolute atomic E-state index is 13.8. The first kappa shape index (κ1) is 22.3. The Bertz CT molecular complexity index is 1100. The number of nitrogens with zero attached hydrogens (tertiary/aromatic N) is 2. The Hall–Kier alpha value is -3.35. The molecule has 164 valence electrons. The largest absolute Gasteiger partial charge is 0.487 e. The minimum absolute atomic E-state index is 0.0165. The van der Waals surface area contributed by atoms with Gasteiger partial charge in [-0.1, -0.05) is 6.92 Å². The summed E-state index contributed by atoms with van der Waals surface area (Å²) in [6.07, 6.45) is -0.174. The smallest absolute Gasteiger partial charge is 0.419 e. The van der Waals surface area contributed by atoms with Crippen LogP contribution >= 0.6 is 0 Å². The molecule has 0 bridgehead atoms. The first-order valence-corrected chi connectivity index (χ1v) is 10.1. The van der Waals surface area contributed by atoms with Crippen LogP contribution in [-0.4, -0.2) is 29.2 Å². The van der Waals surface area contributed by atoms with Crippen LogP contribution in [-0.2, 0) is 16.1 Å². The van der Waals surface area contributed by atoms with Gasteiger partial charge in [0.05, 0.1) is 11.2 Å². The maximum Gasteiger partial charge on any atom is 0.419 e. The van der Waals surface area contributed by atoms with Crippen LogP contribution in [0.2, 0.25) is 0 Å². The monoisotopic (exact) mass is 426 g/mol. The molecule has 7 heteroatoms. The van der Waals surface area contributed by atoms with Gasteiger partial charge in [0.25, 0.3) is 0 Å². The van der Waals surface area contributed by atoms with E-state index in [-0.39, 0.29) is 12.5 Å². The molecule has 1 aromatic heterocycles. The van der Waals surface area contributed by atoms with E-state index < -0.39 is 17.5 Å². The molecule has 0 unspecified atom stereocenters. The molecule has 0 aliphatic carbocycles. The lowest BCUT2D eigenvalue weighted by molar-refractivity contribution is -0.118. The van der Waals surface area contributed by atoms with E-state index in [4.69, 9.17) is 9.47 Å². The lowest BCUT2D eigenvalue weighted by Crippen LogP contribution is -2.28. The van der Waals surface area contributed by atoms with Gasteiger partial charge in [-0.05, 0) is 69.3 Å². The number of aromatic nitrogens is 1. The molecule has 0 spiro atoms. The topological polar surface area (TPSA) is 60.8 Å². The SMILES string of the molecule is CCC(=O)N(C)c1ccc(OCc2cc3ccc(F)cc3n2C(=O)OC(C)(C)C)cc1. The third kappa shape index (κ3) is 5.23. The summed E-state index contributed by atoms with van der Waals surface area (Å²) in [5.74, 6) is 0.153. The van der Waals surface area contributed by atoms with Crippen LogP contribution < -0.4 is 9.64 Å². The number of amides is 1. The second kappa shape index (κ2) is 8.79. The molecule has 0 atom stereocenters. The standard InChI is InChI=1S/C24H27FN2O4/c1-6-22(28)26(5)18-9-11-20(12-10-18)30-15-19-13-16-7-8-17(25)14-21(16)27(19)23(29)31-24(2,3)4/h7-14H,6,15H2,1-5H3. The van der Waals surface area contributed by atoms with Crippen LogP contribution in [0.3, 0.4) is 0 Å². The number of hydrogen-bond acceptors (Lipinski definition) is 4. The van der Waals surface area contributed by atoms with Crippen LogP contribution in [0.15, 0.2) is 48.5 Å². The van der Waals surface area contributed by atoms with E-state index in [0.717, 1.165) is 5.69 Å². The van der Waals surface area contributed by atoms with Crippen LogP contribution in [0.4, 0.5) is 14.9 Å². The maximum atomic E-state index is 13.8. The fourth-order valence-corrected chi connectivity index (χ4v) is 3.17. The number of ether oxygens (including phenoxy) is 2. The van der Waals surface area contributed by atoms with Gasteiger partial charge in [0.15, 0.2) is 0 Å². The van der Waals surface area contributed by atoms with Crippen molar-refractivity contribution >= 4 is 28.6 Å². The van der Waals surface area contributed by atoms with E-state index in [2.05, 4.69) is 0 Å². The summed E-state index contributed by atoms with van der Waals surface area (Å²) < 4.78 is 26.6. The van der Waals surface area contributed by atoms with Gasteiger partial charge >= 0.3 is 6.09 Å². The van der Waals surface area contributed by atoms with Crippen molar-refractivity contribution in [2.75, 3.05) is 11.9 Å². The van der Waals surface area contributed by atoms with Gasteiger partial charge in [0.1, 0.15) is 23.8 Å². The quantitative estimate of drug-likeness (QED) is 0.539. The minimum atomic E-state index is -0.698. The first-order chi connectivity index (χ1) is 14.6. The summed E-state index contributed by atoms with van der Waals surface area (Å²) in [5, 5.41) is 0.709. The predicted molar refractivity (Wildman–Crippen MR) is 118 cm³/mol. The Morgan fingerprint density at radius 2 is 1.74 bits per heavy atom. The van der Waals surface area contributed by atoms with Crippen molar-refractivity contribution < 1.29 is 23.5 Å². The fraction of sp³-hybridized carbons (Fsp3) is 0.333. The van der Waals surface area contributed by atoms with Crippen molar-refractivity contribution in [3.05, 3.63) is 60.0 Å². The molecule has 1 amide bonds. The summed E-state index contributed by atoms with van der Waals surface area (Å²) in [6, 6.07) is 13.1. The van der Waals surface area contributed by atoms with E-state index in [1.54, 1.807) is 69.1 Å². The Morgan fingerprint density at radius 3 is 2.35 bits per heavy atom. The molecule has 2 aromatic carbocycles. The number of anilines is 1. The highest BCUT2D eigenvalue weighted by Crippen LogP contribution is 2.25. The highest BCUT2D eigenvalue weighted by Gasteiger charge is 2.22. The zero-order valence-corrected chi connectivity index (χ0v) is 18.4. The number of halogens is 1. The molecular weight excluding hydrogens is 399 g/mol. The Labute approximate surface area is 181 Å². The molecule has 0 saturated carbocycles. The lowest BCUT2D eigenvalue weighted by Gasteiger charge is -2.21. The zero-order valence-electron chi connectivity index (χ0n) is 18.4. The van der Waals surface area contributed by atoms with Crippen molar-refractivity contribution in [3.8, 4) is 5.75 Å². The van der Waals surface area contributed by atoms with Crippen molar-refractivity contribution in [1.29, 1.82) is 0 Å². The molecule has 6 nitrogen and oxygen atoms in total. The average Bonchev–Trinajstić information content (AvgIpc) is 3.07. The van der Waals surface area contributed by atoms with Gasteiger partial charge in [-0.3, -0.25) is 4.79 Å². The lowest BCUT2D eigenvalue weighted by atomic mass is 10.2. The summed E-state index contributed by atoms with van der Waals surface area (Å²) in [5.41, 5.74) is 1.02. The molecular formula is C24H27FN2O4. The van der Waals surface area contributed by atoms with Crippen molar-refractivity contribution in [1.82, 2.24) is 4.57 Å². The van der Waals surface area contributed by atoms with Crippen molar-refractivity contribution in [3.63, 3.8) is 0 Å². The van der Waals surface area contributed by atoms with Gasteiger partial charge in [0, 0.05) is 24.5 Å². The van der Waals surface area contributed by atoms with Gasteiger partial charge in [-0.15, -0.1) is 0 Å². The number of carbonyl (C=O) groups excluding carboxylic acids is 2. The third-order valence-electron chi connectivity index (χ3n) is 4.71. The van der Waals surface area contributed by atoms with Gasteiger partial charge < -0.3 is 14.4 Å². The molecule has 0 N–H and O–H groups in total. The second-order valence-corrected chi connectivity index (χ2v) is 8.24. The molecule has 0 aliphatic heterocycles. The number of benzene rings is 2. The average molecular weight is 426 g/mol. The summed E-state index contributed by atoms with van der Waals surface area (Å²) in [6.45, 7) is 7.21. The highest BCUT2D eigenvalue weighted by atomic mass is 19.1. The Kier molecular flexibility index (Phi) is 6.34. The Morgan fingerprint density at radius 1 is 1.06 bits per heavy atom. The Balaban J connectivity index is 1.85. The summed E-state index contributed by atoms with van der Waals surface area (Å²) in [7, 11) is 1.72. The third-order valence-corrected chi connectivity index (χ3v) is 4.71. The number of hydrogen-bond donors (Lipinski definition) is 0. The molecule has 3 aromatic rings. The fourth-order valence-electron chi connectivity index (χ4n) is 3.17. The zero-order chi connectivity index (χ0) is 22.8. The van der Waals surface area contributed by atoms with E-state index in [1.165, 1.54) is 16.7 Å². The van der Waals surface area contributed by atoms with Crippen LogP contribution in [0.25, 0.3) is 10.9 Å². The van der Waals surface area contributed by atoms with E-state index in [0.29, 0.717) is 28.8 Å². The van der Waals surface area contributed by atoms with Gasteiger partial charge in [-0.25, -0.2) is 13.8 Å². The molecule has 1 heterocycles. The van der Waals surface area contributed by atoms with Gasteiger partial charge in [-0.2, -0.15) is 0 Å². The summed E-state index contributed by atoms with van der Waals surface area (Å²) in [4.78, 5) is 26.2. The van der Waals surface area contributed by atoms with Crippen LogP contribution in [0.5, 0.6) is 5.75 Å². The molecule has 31 heavy (non-hydrogen) atoms. The first-order valence-electron chi connectivity index (χ1n) is 10.1. The minimum Gasteiger partial charge on any atom is -0.487 e. The highest BCUT2D eigenvalue weighted by molar-refractivity contribution is 5.92. The number of fused-ring (bicyclic) bond motifs is 1. The van der Waals surface area contributed by atoms with E-state index in [1.807, 2.05) is 6.92 Å². The molecule has 0 saturated heterocycles. The molecule has 0 radical (unpaired) electrons. The molecule has 0 fully saturated rings. The number of rotatable bonds is 5. The van der Waals surface area contributed by atoms with Crippen LogP contribution in [0.1, 0.15) is 39.8 Å². The predicted octanol–water partition coefficient (Wildman–Crippen LogP) is 5.52. The van der Waals surface area contributed by atoms with E-state index in [9.17, 15) is 14.0 Å². The van der Waals surface area contributed by atoms with Crippen molar-refractivity contribution in [2.24, 2.45) is 0 Å². The molecule has 3 rings (SSSR count). The van der Waals surface area contributed by atoms with E-state index >= 15 is 0 Å². The number of carbonyl (C=O) groups is 2. The van der Waals surface area contributed by atoms with Gasteiger partial charge in [0.2, 0.25) is 5.91 Å². The van der Waals surface area contributed by atoms with Crippen LogP contribution in [0, 0.1) is 5.82 Å². The second-order valence-electron chi connectivity index (χ2n) is 8.24. The molecule has 0 aliphatic rings.